The average Bonchev–Trinajstić information content (AvgIpc) is 2.69. The van der Waals surface area contributed by atoms with Crippen molar-refractivity contribution in [3.8, 4) is 0 Å². The Morgan fingerprint density at radius 2 is 1.79 bits per heavy atom. The molecule has 0 heterocycles. The number of aryl methyl sites for hydroxylation is 1. The Morgan fingerprint density at radius 3 is 2.41 bits per heavy atom. The van der Waals surface area contributed by atoms with Crippen molar-refractivity contribution in [2.24, 2.45) is 5.92 Å². The highest BCUT2D eigenvalue weighted by Gasteiger charge is 2.17. The zero-order valence-electron chi connectivity index (χ0n) is 17.2. The van der Waals surface area contributed by atoms with Crippen molar-refractivity contribution in [3.05, 3.63) is 58.6 Å². The molecule has 2 rings (SSSR count). The van der Waals surface area contributed by atoms with E-state index in [9.17, 15) is 13.2 Å². The normalized spacial score (nSPS) is 12.4. The molecule has 2 aromatic rings. The third-order valence-electron chi connectivity index (χ3n) is 4.89. The molecular formula is C22H29ClN2O3S. The molecule has 0 radical (unpaired) electrons. The largest absolute Gasteiger partial charge is 0.352 e. The maximum atomic E-state index is 12.6. The summed E-state index contributed by atoms with van der Waals surface area (Å²) < 4.78 is 27.7. The number of rotatable bonds is 10. The quantitative estimate of drug-likeness (QED) is 0.523. The van der Waals surface area contributed by atoms with Gasteiger partial charge in [-0.2, -0.15) is 0 Å². The lowest BCUT2D eigenvalue weighted by atomic mass is 9.99. The minimum atomic E-state index is -3.75. The molecule has 5 nitrogen and oxygen atoms in total. The number of carbonyl (C=O) groups excluding carboxylic acids is 1. The van der Waals surface area contributed by atoms with Crippen molar-refractivity contribution in [2.75, 3.05) is 11.3 Å². The van der Waals surface area contributed by atoms with Gasteiger partial charge in [0.1, 0.15) is 0 Å². The predicted molar refractivity (Wildman–Crippen MR) is 119 cm³/mol. The second-order valence-corrected chi connectivity index (χ2v) is 9.33. The first-order valence-corrected chi connectivity index (χ1v) is 11.8. The Balaban J connectivity index is 2.12. The van der Waals surface area contributed by atoms with Crippen LogP contribution in [0.5, 0.6) is 0 Å². The lowest BCUT2D eigenvalue weighted by Crippen LogP contribution is -2.29. The Kier molecular flexibility index (Phi) is 8.53. The highest BCUT2D eigenvalue weighted by atomic mass is 35.5. The molecule has 0 spiro atoms. The first-order valence-electron chi connectivity index (χ1n) is 9.94. The van der Waals surface area contributed by atoms with E-state index in [2.05, 4.69) is 23.9 Å². The summed E-state index contributed by atoms with van der Waals surface area (Å²) >= 11 is 6.19. The fourth-order valence-corrected chi connectivity index (χ4v) is 4.22. The highest BCUT2D eigenvalue weighted by Crippen LogP contribution is 2.23. The molecule has 158 valence electrons. The van der Waals surface area contributed by atoms with Gasteiger partial charge >= 0.3 is 0 Å². The van der Waals surface area contributed by atoms with E-state index < -0.39 is 10.0 Å². The van der Waals surface area contributed by atoms with Gasteiger partial charge in [0.05, 0.1) is 15.5 Å². The smallest absolute Gasteiger partial charge is 0.261 e. The van der Waals surface area contributed by atoms with Crippen molar-refractivity contribution >= 4 is 33.2 Å². The molecule has 0 unspecified atom stereocenters. The summed E-state index contributed by atoms with van der Waals surface area (Å²) in [7, 11) is -3.75. The fourth-order valence-electron chi connectivity index (χ4n) is 2.97. The van der Waals surface area contributed by atoms with Gasteiger partial charge in [0.25, 0.3) is 15.9 Å². The van der Waals surface area contributed by atoms with Crippen molar-refractivity contribution in [3.63, 3.8) is 0 Å². The summed E-state index contributed by atoms with van der Waals surface area (Å²) in [6, 6.07) is 11.1. The second-order valence-electron chi connectivity index (χ2n) is 7.24. The Labute approximate surface area is 178 Å². The Morgan fingerprint density at radius 1 is 1.10 bits per heavy atom. The summed E-state index contributed by atoms with van der Waals surface area (Å²) in [6.45, 7) is 6.72. The molecule has 0 bridgehead atoms. The summed E-state index contributed by atoms with van der Waals surface area (Å²) in [5.74, 6) is 0.113. The van der Waals surface area contributed by atoms with Crippen LogP contribution in [-0.4, -0.2) is 20.9 Å². The maximum Gasteiger partial charge on any atom is 0.261 e. The van der Waals surface area contributed by atoms with Crippen LogP contribution in [0, 0.1) is 12.8 Å². The molecule has 7 heteroatoms. The van der Waals surface area contributed by atoms with E-state index in [1.165, 1.54) is 12.1 Å². The number of sulfonamides is 1. The summed E-state index contributed by atoms with van der Waals surface area (Å²) in [5, 5.41) is 3.21. The van der Waals surface area contributed by atoms with E-state index in [1.807, 2.05) is 6.92 Å². The van der Waals surface area contributed by atoms with Crippen molar-refractivity contribution in [2.45, 2.75) is 51.3 Å². The molecule has 1 amide bonds. The number of hydrogen-bond donors (Lipinski definition) is 2. The zero-order chi connectivity index (χ0) is 21.4. The number of amides is 1. The van der Waals surface area contributed by atoms with Gasteiger partial charge in [0.2, 0.25) is 0 Å². The van der Waals surface area contributed by atoms with Gasteiger partial charge in [-0.15, -0.1) is 0 Å². The highest BCUT2D eigenvalue weighted by molar-refractivity contribution is 7.92. The predicted octanol–water partition coefficient (Wildman–Crippen LogP) is 5.40. The molecule has 0 aliphatic heterocycles. The Bertz CT molecular complexity index is 928. The number of hydrogen-bond acceptors (Lipinski definition) is 3. The maximum absolute atomic E-state index is 12.6. The van der Waals surface area contributed by atoms with Gasteiger partial charge in [0, 0.05) is 12.2 Å². The lowest BCUT2D eigenvalue weighted by molar-refractivity contribution is 0.0946. The van der Waals surface area contributed by atoms with Crippen LogP contribution >= 0.6 is 11.6 Å². The van der Waals surface area contributed by atoms with Gasteiger partial charge in [-0.1, -0.05) is 62.4 Å². The van der Waals surface area contributed by atoms with E-state index >= 15 is 0 Å². The molecule has 0 aromatic heterocycles. The third kappa shape index (κ3) is 6.75. The van der Waals surface area contributed by atoms with E-state index in [4.69, 9.17) is 11.6 Å². The monoisotopic (exact) mass is 436 g/mol. The molecule has 0 saturated carbocycles. The molecule has 1 atom stereocenters. The number of nitrogens with one attached hydrogen (secondary N) is 2. The molecular weight excluding hydrogens is 408 g/mol. The number of benzene rings is 2. The topological polar surface area (TPSA) is 75.3 Å². The van der Waals surface area contributed by atoms with Gasteiger partial charge in [-0.3, -0.25) is 9.52 Å². The minimum Gasteiger partial charge on any atom is -0.352 e. The van der Waals surface area contributed by atoms with E-state index in [0.717, 1.165) is 31.2 Å². The van der Waals surface area contributed by atoms with Crippen LogP contribution in [-0.2, 0) is 10.0 Å². The first kappa shape index (κ1) is 23.2. The van der Waals surface area contributed by atoms with Crippen molar-refractivity contribution in [1.29, 1.82) is 0 Å². The van der Waals surface area contributed by atoms with Gasteiger partial charge in [0.15, 0.2) is 0 Å². The van der Waals surface area contributed by atoms with Crippen LogP contribution in [0.1, 0.15) is 55.5 Å². The molecule has 2 aromatic carbocycles. The Hall–Kier alpha value is -2.05. The SMILES string of the molecule is CCCC[C@@H](CC)CNC(=O)c1cc(NS(=O)(=O)c2ccc(C)cc2)ccc1Cl. The summed E-state index contributed by atoms with van der Waals surface area (Å²) in [4.78, 5) is 12.8. The minimum absolute atomic E-state index is 0.158. The molecule has 0 fully saturated rings. The molecule has 2 N–H and O–H groups in total. The second kappa shape index (κ2) is 10.6. The van der Waals surface area contributed by atoms with Gasteiger partial charge in [-0.25, -0.2) is 8.42 Å². The van der Waals surface area contributed by atoms with E-state index in [1.54, 1.807) is 30.3 Å². The van der Waals surface area contributed by atoms with Crippen molar-refractivity contribution < 1.29 is 13.2 Å². The number of carbonyl (C=O) groups is 1. The summed E-state index contributed by atoms with van der Waals surface area (Å²) in [5.41, 5.74) is 1.51. The lowest BCUT2D eigenvalue weighted by Gasteiger charge is -2.16. The number of unbranched alkanes of at least 4 members (excludes halogenated alkanes) is 1. The number of halogens is 1. The molecule has 29 heavy (non-hydrogen) atoms. The molecule has 0 aliphatic carbocycles. The number of anilines is 1. The van der Waals surface area contributed by atoms with Crippen LogP contribution < -0.4 is 10.0 Å². The van der Waals surface area contributed by atoms with E-state index in [0.29, 0.717) is 12.5 Å². The van der Waals surface area contributed by atoms with Crippen LogP contribution in [0.15, 0.2) is 47.4 Å². The van der Waals surface area contributed by atoms with Crippen LogP contribution in [0.4, 0.5) is 5.69 Å². The van der Waals surface area contributed by atoms with Crippen molar-refractivity contribution in [1.82, 2.24) is 5.32 Å². The standard InChI is InChI=1S/C22H29ClN2O3S/c1-4-6-7-17(5-2)15-24-22(26)20-14-18(10-13-21(20)23)25-29(27,28)19-11-8-16(3)9-12-19/h8-14,17,25H,4-7,15H2,1-3H3,(H,24,26)/t17-/m1/s1. The molecule has 0 aliphatic rings. The van der Waals surface area contributed by atoms with Crippen LogP contribution in [0.25, 0.3) is 0 Å². The third-order valence-corrected chi connectivity index (χ3v) is 6.62. The van der Waals surface area contributed by atoms with Gasteiger partial charge < -0.3 is 5.32 Å². The fraction of sp³-hybridized carbons (Fsp3) is 0.409. The molecule has 0 saturated heterocycles. The van der Waals surface area contributed by atoms with E-state index in [-0.39, 0.29) is 27.1 Å². The van der Waals surface area contributed by atoms with Gasteiger partial charge in [-0.05, 0) is 49.6 Å². The van der Waals surface area contributed by atoms with Crippen LogP contribution in [0.2, 0.25) is 5.02 Å². The summed E-state index contributed by atoms with van der Waals surface area (Å²) in [6.07, 6.45) is 4.31. The zero-order valence-corrected chi connectivity index (χ0v) is 18.7. The van der Waals surface area contributed by atoms with Crippen LogP contribution in [0.3, 0.4) is 0 Å². The average molecular weight is 437 g/mol. The first-order chi connectivity index (χ1) is 13.8.